The fraction of sp³-hybridized carbons (Fsp3) is 0.176. The monoisotopic (exact) mass is 335 g/mol. The van der Waals surface area contributed by atoms with E-state index in [1.165, 1.54) is 0 Å². The van der Waals surface area contributed by atoms with Crippen LogP contribution in [-0.2, 0) is 0 Å². The van der Waals surface area contributed by atoms with Crippen LogP contribution in [0, 0.1) is 0 Å². The zero-order valence-corrected chi connectivity index (χ0v) is 13.9. The topological polar surface area (TPSA) is 86.4 Å². The van der Waals surface area contributed by atoms with E-state index >= 15 is 0 Å². The van der Waals surface area contributed by atoms with Gasteiger partial charge in [-0.15, -0.1) is 5.10 Å². The van der Waals surface area contributed by atoms with Crippen LogP contribution in [0.3, 0.4) is 0 Å². The van der Waals surface area contributed by atoms with Crippen molar-refractivity contribution in [3.63, 3.8) is 0 Å². The molecule has 0 bridgehead atoms. The number of imidazole rings is 1. The van der Waals surface area contributed by atoms with Crippen molar-refractivity contribution in [2.45, 2.75) is 13.0 Å². The molecular formula is C17H17N7O. The summed E-state index contributed by atoms with van der Waals surface area (Å²) >= 11 is 0. The molecule has 1 N–H and O–H groups in total. The summed E-state index contributed by atoms with van der Waals surface area (Å²) in [6.07, 6.45) is 9.11. The van der Waals surface area contributed by atoms with Crippen LogP contribution in [0.4, 0.5) is 0 Å². The standard InChI is InChI=1S/C17H17N7O/c1-12(23-11-14(21-22-23)17-18-7-8-19-17)13-9-20-24(10-13)15-5-3-4-6-16(15)25-2/h3-12H,1-2H3,(H,18,19)/t12-/m0/s1. The molecule has 0 radical (unpaired) electrons. The zero-order valence-electron chi connectivity index (χ0n) is 13.9. The van der Waals surface area contributed by atoms with Gasteiger partial charge in [0, 0.05) is 24.2 Å². The van der Waals surface area contributed by atoms with Crippen LogP contribution in [-0.4, -0.2) is 41.9 Å². The number of aromatic amines is 1. The third-order valence-electron chi connectivity index (χ3n) is 4.06. The molecule has 0 saturated carbocycles. The first-order chi connectivity index (χ1) is 12.3. The second-order valence-corrected chi connectivity index (χ2v) is 5.59. The van der Waals surface area contributed by atoms with E-state index in [2.05, 4.69) is 25.4 Å². The Bertz CT molecular complexity index is 970. The Balaban J connectivity index is 1.62. The number of nitrogens with zero attached hydrogens (tertiary/aromatic N) is 6. The molecule has 126 valence electrons. The van der Waals surface area contributed by atoms with Gasteiger partial charge in [0.1, 0.15) is 17.1 Å². The van der Waals surface area contributed by atoms with Gasteiger partial charge in [0.2, 0.25) is 0 Å². The highest BCUT2D eigenvalue weighted by Crippen LogP contribution is 2.24. The molecule has 0 aliphatic rings. The maximum Gasteiger partial charge on any atom is 0.159 e. The Morgan fingerprint density at radius 3 is 2.88 bits per heavy atom. The summed E-state index contributed by atoms with van der Waals surface area (Å²) in [5, 5.41) is 12.8. The highest BCUT2D eigenvalue weighted by Gasteiger charge is 2.15. The molecule has 0 amide bonds. The molecule has 0 saturated heterocycles. The highest BCUT2D eigenvalue weighted by molar-refractivity contribution is 5.47. The van der Waals surface area contributed by atoms with Gasteiger partial charge < -0.3 is 9.72 Å². The molecule has 1 aromatic carbocycles. The number of ether oxygens (including phenoxy) is 1. The van der Waals surface area contributed by atoms with Crippen LogP contribution >= 0.6 is 0 Å². The molecule has 0 unspecified atom stereocenters. The predicted octanol–water partition coefficient (Wildman–Crippen LogP) is 2.47. The number of H-pyrrole nitrogens is 1. The first kappa shape index (κ1) is 15.1. The largest absolute Gasteiger partial charge is 0.494 e. The van der Waals surface area contributed by atoms with Crippen molar-refractivity contribution < 1.29 is 4.74 Å². The molecule has 0 fully saturated rings. The lowest BCUT2D eigenvalue weighted by molar-refractivity contribution is 0.411. The SMILES string of the molecule is COc1ccccc1-n1cc([C@H](C)n2cc(-c3ncc[nH]3)nn2)cn1. The van der Waals surface area contributed by atoms with Crippen LogP contribution < -0.4 is 4.74 Å². The zero-order chi connectivity index (χ0) is 17.2. The normalized spacial score (nSPS) is 12.2. The van der Waals surface area contributed by atoms with Crippen molar-refractivity contribution in [3.8, 4) is 23.0 Å². The summed E-state index contributed by atoms with van der Waals surface area (Å²) < 4.78 is 8.99. The first-order valence-electron chi connectivity index (χ1n) is 7.86. The molecule has 25 heavy (non-hydrogen) atoms. The third kappa shape index (κ3) is 2.78. The molecule has 1 atom stereocenters. The minimum Gasteiger partial charge on any atom is -0.494 e. The summed E-state index contributed by atoms with van der Waals surface area (Å²) in [7, 11) is 1.65. The van der Waals surface area contributed by atoms with Crippen molar-refractivity contribution >= 4 is 0 Å². The molecule has 8 heteroatoms. The predicted molar refractivity (Wildman–Crippen MR) is 91.5 cm³/mol. The fourth-order valence-corrected chi connectivity index (χ4v) is 2.64. The van der Waals surface area contributed by atoms with Gasteiger partial charge in [-0.3, -0.25) is 0 Å². The van der Waals surface area contributed by atoms with Gasteiger partial charge in [0.15, 0.2) is 5.82 Å². The number of rotatable bonds is 5. The van der Waals surface area contributed by atoms with E-state index in [1.54, 1.807) is 28.9 Å². The average molecular weight is 335 g/mol. The smallest absolute Gasteiger partial charge is 0.159 e. The van der Waals surface area contributed by atoms with Crippen LogP contribution in [0.15, 0.2) is 55.2 Å². The Kier molecular flexibility index (Phi) is 3.77. The molecule has 0 aliphatic heterocycles. The van der Waals surface area contributed by atoms with E-state index in [0.29, 0.717) is 11.5 Å². The Morgan fingerprint density at radius 1 is 1.20 bits per heavy atom. The molecule has 3 aromatic heterocycles. The van der Waals surface area contributed by atoms with Gasteiger partial charge in [-0.25, -0.2) is 14.3 Å². The maximum atomic E-state index is 5.40. The van der Waals surface area contributed by atoms with Crippen molar-refractivity contribution in [2.75, 3.05) is 7.11 Å². The van der Waals surface area contributed by atoms with Gasteiger partial charge in [0.05, 0.1) is 25.5 Å². The summed E-state index contributed by atoms with van der Waals surface area (Å²) in [6, 6.07) is 7.74. The molecule has 0 spiro atoms. The Morgan fingerprint density at radius 2 is 2.08 bits per heavy atom. The minimum atomic E-state index is -0.0142. The van der Waals surface area contributed by atoms with Gasteiger partial charge in [-0.2, -0.15) is 5.10 Å². The third-order valence-corrected chi connectivity index (χ3v) is 4.06. The number of hydrogen-bond donors (Lipinski definition) is 1. The van der Waals surface area contributed by atoms with Crippen LogP contribution in [0.1, 0.15) is 18.5 Å². The first-order valence-corrected chi connectivity index (χ1v) is 7.86. The summed E-state index contributed by atoms with van der Waals surface area (Å²) in [4.78, 5) is 7.22. The van der Waals surface area contributed by atoms with Crippen molar-refractivity contribution in [3.05, 3.63) is 60.8 Å². The summed E-state index contributed by atoms with van der Waals surface area (Å²) in [5.41, 5.74) is 2.61. The minimum absolute atomic E-state index is 0.0142. The number of benzene rings is 1. The number of para-hydroxylation sites is 2. The second-order valence-electron chi connectivity index (χ2n) is 5.59. The van der Waals surface area contributed by atoms with Gasteiger partial charge in [-0.05, 0) is 19.1 Å². The summed E-state index contributed by atoms with van der Waals surface area (Å²) in [6.45, 7) is 2.05. The van der Waals surface area contributed by atoms with Crippen LogP contribution in [0.25, 0.3) is 17.2 Å². The van der Waals surface area contributed by atoms with Crippen molar-refractivity contribution in [1.82, 2.24) is 34.7 Å². The van der Waals surface area contributed by atoms with Crippen LogP contribution in [0.2, 0.25) is 0 Å². The van der Waals surface area contributed by atoms with Crippen LogP contribution in [0.5, 0.6) is 5.75 Å². The lowest BCUT2D eigenvalue weighted by atomic mass is 10.2. The van der Waals surface area contributed by atoms with E-state index in [-0.39, 0.29) is 6.04 Å². The van der Waals surface area contributed by atoms with E-state index < -0.39 is 0 Å². The molecule has 3 heterocycles. The van der Waals surface area contributed by atoms with E-state index in [1.807, 2.05) is 49.8 Å². The lowest BCUT2D eigenvalue weighted by Crippen LogP contribution is -2.06. The molecular weight excluding hydrogens is 318 g/mol. The number of hydrogen-bond acceptors (Lipinski definition) is 5. The maximum absolute atomic E-state index is 5.40. The summed E-state index contributed by atoms with van der Waals surface area (Å²) in [5.74, 6) is 1.47. The molecule has 0 aliphatic carbocycles. The lowest BCUT2D eigenvalue weighted by Gasteiger charge is -2.09. The Labute approximate surface area is 144 Å². The van der Waals surface area contributed by atoms with Crippen molar-refractivity contribution in [1.29, 1.82) is 0 Å². The number of methoxy groups -OCH3 is 1. The number of aromatic nitrogens is 7. The molecule has 8 nitrogen and oxygen atoms in total. The van der Waals surface area contributed by atoms with E-state index in [0.717, 1.165) is 17.0 Å². The fourth-order valence-electron chi connectivity index (χ4n) is 2.64. The van der Waals surface area contributed by atoms with E-state index in [9.17, 15) is 0 Å². The quantitative estimate of drug-likeness (QED) is 0.605. The van der Waals surface area contributed by atoms with Gasteiger partial charge in [-0.1, -0.05) is 17.3 Å². The van der Waals surface area contributed by atoms with Crippen molar-refractivity contribution in [2.24, 2.45) is 0 Å². The number of nitrogens with one attached hydrogen (secondary N) is 1. The second kappa shape index (κ2) is 6.23. The Hall–Kier alpha value is -3.42. The molecule has 4 rings (SSSR count). The van der Waals surface area contributed by atoms with Gasteiger partial charge in [0.25, 0.3) is 0 Å². The highest BCUT2D eigenvalue weighted by atomic mass is 16.5. The molecule has 4 aromatic rings. The van der Waals surface area contributed by atoms with E-state index in [4.69, 9.17) is 4.74 Å². The van der Waals surface area contributed by atoms with Gasteiger partial charge >= 0.3 is 0 Å². The average Bonchev–Trinajstić information content (AvgIpc) is 3.41.